The summed E-state index contributed by atoms with van der Waals surface area (Å²) in [6, 6.07) is 5.70. The fourth-order valence-electron chi connectivity index (χ4n) is 2.26. The molecular formula is C14H18ClN3O. The highest BCUT2D eigenvalue weighted by Gasteiger charge is 2.22. The quantitative estimate of drug-likeness (QED) is 0.810. The summed E-state index contributed by atoms with van der Waals surface area (Å²) in [5.41, 5.74) is 2.97. The Morgan fingerprint density at radius 2 is 2.16 bits per heavy atom. The number of benzene rings is 1. The van der Waals surface area contributed by atoms with Crippen molar-refractivity contribution in [2.24, 2.45) is 0 Å². The summed E-state index contributed by atoms with van der Waals surface area (Å²) in [5.74, 6) is 1.05. The fraction of sp³-hybridized carbons (Fsp3) is 0.429. The predicted octanol–water partition coefficient (Wildman–Crippen LogP) is 2.73. The molecule has 0 fully saturated rings. The van der Waals surface area contributed by atoms with Gasteiger partial charge in [0, 0.05) is 14.1 Å². The molecule has 2 aromatic rings. The van der Waals surface area contributed by atoms with Crippen molar-refractivity contribution >= 4 is 28.5 Å². The van der Waals surface area contributed by atoms with E-state index in [0.29, 0.717) is 5.88 Å². The van der Waals surface area contributed by atoms with Crippen LogP contribution in [0.3, 0.4) is 0 Å². The first-order chi connectivity index (χ1) is 8.95. The van der Waals surface area contributed by atoms with Gasteiger partial charge < -0.3 is 9.47 Å². The van der Waals surface area contributed by atoms with Crippen LogP contribution >= 0.6 is 11.6 Å². The zero-order valence-electron chi connectivity index (χ0n) is 11.6. The molecule has 0 saturated heterocycles. The normalized spacial score (nSPS) is 12.7. The Bertz CT molecular complexity index is 618. The van der Waals surface area contributed by atoms with Gasteiger partial charge in [-0.25, -0.2) is 4.98 Å². The molecule has 1 amide bonds. The average Bonchev–Trinajstić information content (AvgIpc) is 2.74. The number of carbonyl (C=O) groups is 1. The maximum atomic E-state index is 12.2. The molecule has 1 atom stereocenters. The maximum absolute atomic E-state index is 12.2. The molecule has 0 spiro atoms. The molecule has 0 bridgehead atoms. The zero-order valence-corrected chi connectivity index (χ0v) is 12.4. The minimum atomic E-state index is -0.310. The van der Waals surface area contributed by atoms with Crippen LogP contribution in [0.25, 0.3) is 11.0 Å². The minimum Gasteiger partial charge on any atom is -0.347 e. The van der Waals surface area contributed by atoms with Crippen molar-refractivity contribution in [2.75, 3.05) is 14.1 Å². The van der Waals surface area contributed by atoms with Gasteiger partial charge in [0.1, 0.15) is 11.9 Å². The molecule has 2 rings (SSSR count). The van der Waals surface area contributed by atoms with Crippen LogP contribution in [0.4, 0.5) is 0 Å². The van der Waals surface area contributed by atoms with Crippen molar-refractivity contribution in [2.45, 2.75) is 25.8 Å². The number of imidazole rings is 1. The summed E-state index contributed by atoms with van der Waals surface area (Å²) in [5, 5.41) is 0. The number of hydrogen-bond donors (Lipinski definition) is 0. The summed E-state index contributed by atoms with van der Waals surface area (Å²) in [4.78, 5) is 18.3. The van der Waals surface area contributed by atoms with Gasteiger partial charge in [-0.2, -0.15) is 0 Å². The van der Waals surface area contributed by atoms with Gasteiger partial charge in [0.25, 0.3) is 0 Å². The Balaban J connectivity index is 2.62. The van der Waals surface area contributed by atoms with E-state index in [9.17, 15) is 4.79 Å². The maximum Gasteiger partial charge on any atom is 0.244 e. The molecule has 1 aromatic heterocycles. The minimum absolute atomic E-state index is 0.0344. The number of nitrogens with zero attached hydrogens (tertiary/aromatic N) is 3. The molecular weight excluding hydrogens is 262 g/mol. The monoisotopic (exact) mass is 279 g/mol. The summed E-state index contributed by atoms with van der Waals surface area (Å²) in [6.45, 7) is 3.90. The molecule has 0 radical (unpaired) electrons. The molecule has 19 heavy (non-hydrogen) atoms. The lowest BCUT2D eigenvalue weighted by Crippen LogP contribution is -2.30. The first kappa shape index (κ1) is 13.9. The second-order valence-corrected chi connectivity index (χ2v) is 5.20. The van der Waals surface area contributed by atoms with Crippen molar-refractivity contribution in [1.82, 2.24) is 14.5 Å². The lowest BCUT2D eigenvalue weighted by molar-refractivity contribution is -0.131. The highest BCUT2D eigenvalue weighted by Crippen LogP contribution is 2.24. The number of halogens is 1. The molecule has 1 heterocycles. The van der Waals surface area contributed by atoms with Crippen LogP contribution in [-0.2, 0) is 10.7 Å². The van der Waals surface area contributed by atoms with Crippen LogP contribution in [0.5, 0.6) is 0 Å². The second-order valence-electron chi connectivity index (χ2n) is 4.93. The molecule has 0 aliphatic carbocycles. The van der Waals surface area contributed by atoms with Crippen LogP contribution in [-0.4, -0.2) is 34.5 Å². The summed E-state index contributed by atoms with van der Waals surface area (Å²) in [6.07, 6.45) is 0. The number of alkyl halides is 1. The molecule has 1 unspecified atom stereocenters. The highest BCUT2D eigenvalue weighted by atomic mass is 35.5. The standard InChI is InChI=1S/C14H18ClN3O/c1-9-5-6-11-12(7-9)18(13(8-15)16-11)10(2)14(19)17(3)4/h5-7,10H,8H2,1-4H3. The SMILES string of the molecule is Cc1ccc2nc(CCl)n(C(C)C(=O)N(C)C)c2c1. The van der Waals surface area contributed by atoms with Gasteiger partial charge in [-0.05, 0) is 31.5 Å². The number of amides is 1. The molecule has 102 valence electrons. The Morgan fingerprint density at radius 1 is 1.47 bits per heavy atom. The van der Waals surface area contributed by atoms with Crippen LogP contribution in [0, 0.1) is 6.92 Å². The molecule has 0 aliphatic rings. The third kappa shape index (κ3) is 2.45. The number of likely N-dealkylation sites (N-methyl/N-ethyl adjacent to an activating group) is 1. The van der Waals surface area contributed by atoms with E-state index in [0.717, 1.165) is 22.4 Å². The van der Waals surface area contributed by atoms with Crippen LogP contribution in [0.15, 0.2) is 18.2 Å². The van der Waals surface area contributed by atoms with Crippen LogP contribution in [0.1, 0.15) is 24.4 Å². The first-order valence-corrected chi connectivity index (χ1v) is 6.73. The van der Waals surface area contributed by atoms with Gasteiger partial charge in [0.05, 0.1) is 16.9 Å². The lowest BCUT2D eigenvalue weighted by atomic mass is 10.2. The van der Waals surface area contributed by atoms with E-state index in [1.807, 2.05) is 36.6 Å². The number of fused-ring (bicyclic) bond motifs is 1. The van der Waals surface area contributed by atoms with Crippen molar-refractivity contribution < 1.29 is 4.79 Å². The Hall–Kier alpha value is -1.55. The first-order valence-electron chi connectivity index (χ1n) is 6.20. The number of aryl methyl sites for hydroxylation is 1. The fourth-order valence-corrected chi connectivity index (χ4v) is 2.45. The van der Waals surface area contributed by atoms with Gasteiger partial charge >= 0.3 is 0 Å². The molecule has 0 aliphatic heterocycles. The molecule has 0 N–H and O–H groups in total. The third-order valence-electron chi connectivity index (χ3n) is 3.22. The van der Waals surface area contributed by atoms with Gasteiger partial charge in [0.15, 0.2) is 0 Å². The van der Waals surface area contributed by atoms with E-state index in [4.69, 9.17) is 11.6 Å². The highest BCUT2D eigenvalue weighted by molar-refractivity contribution is 6.17. The summed E-state index contributed by atoms with van der Waals surface area (Å²) < 4.78 is 1.93. The van der Waals surface area contributed by atoms with Crippen molar-refractivity contribution in [1.29, 1.82) is 0 Å². The molecule has 1 aromatic carbocycles. The van der Waals surface area contributed by atoms with E-state index < -0.39 is 0 Å². The van der Waals surface area contributed by atoms with Crippen molar-refractivity contribution in [3.05, 3.63) is 29.6 Å². The van der Waals surface area contributed by atoms with E-state index in [1.165, 1.54) is 0 Å². The van der Waals surface area contributed by atoms with E-state index in [-0.39, 0.29) is 11.9 Å². The average molecular weight is 280 g/mol. The lowest BCUT2D eigenvalue weighted by Gasteiger charge is -2.20. The van der Waals surface area contributed by atoms with Gasteiger partial charge in [-0.15, -0.1) is 11.6 Å². The van der Waals surface area contributed by atoms with Crippen molar-refractivity contribution in [3.8, 4) is 0 Å². The van der Waals surface area contributed by atoms with Crippen LogP contribution < -0.4 is 0 Å². The number of carbonyl (C=O) groups excluding carboxylic acids is 1. The number of rotatable bonds is 3. The van der Waals surface area contributed by atoms with E-state index in [1.54, 1.807) is 19.0 Å². The Morgan fingerprint density at radius 3 is 2.74 bits per heavy atom. The van der Waals surface area contributed by atoms with E-state index >= 15 is 0 Å². The smallest absolute Gasteiger partial charge is 0.244 e. The van der Waals surface area contributed by atoms with Gasteiger partial charge in [-0.3, -0.25) is 4.79 Å². The molecule has 0 saturated carbocycles. The van der Waals surface area contributed by atoms with Crippen molar-refractivity contribution in [3.63, 3.8) is 0 Å². The Kier molecular flexibility index (Phi) is 3.80. The summed E-state index contributed by atoms with van der Waals surface area (Å²) in [7, 11) is 3.51. The summed E-state index contributed by atoms with van der Waals surface area (Å²) >= 11 is 5.96. The van der Waals surface area contributed by atoms with Crippen LogP contribution in [0.2, 0.25) is 0 Å². The van der Waals surface area contributed by atoms with Gasteiger partial charge in [-0.1, -0.05) is 6.07 Å². The van der Waals surface area contributed by atoms with Gasteiger partial charge in [0.2, 0.25) is 5.91 Å². The number of hydrogen-bond acceptors (Lipinski definition) is 2. The predicted molar refractivity (Wildman–Crippen MR) is 77.4 cm³/mol. The third-order valence-corrected chi connectivity index (χ3v) is 3.46. The second kappa shape index (κ2) is 5.21. The topological polar surface area (TPSA) is 38.1 Å². The zero-order chi connectivity index (χ0) is 14.2. The molecule has 4 nitrogen and oxygen atoms in total. The largest absolute Gasteiger partial charge is 0.347 e. The number of aromatic nitrogens is 2. The Labute approximate surface area is 118 Å². The molecule has 5 heteroatoms. The van der Waals surface area contributed by atoms with E-state index in [2.05, 4.69) is 4.98 Å².